The van der Waals surface area contributed by atoms with E-state index in [0.29, 0.717) is 11.4 Å². The van der Waals surface area contributed by atoms with Crippen molar-refractivity contribution in [3.63, 3.8) is 0 Å². The Morgan fingerprint density at radius 2 is 1.47 bits per heavy atom. The van der Waals surface area contributed by atoms with Crippen molar-refractivity contribution in [1.82, 2.24) is 0 Å². The van der Waals surface area contributed by atoms with Gasteiger partial charge in [-0.25, -0.2) is 8.42 Å². The lowest BCUT2D eigenvalue weighted by molar-refractivity contribution is -0.118. The maximum absolute atomic E-state index is 11.7. The van der Waals surface area contributed by atoms with Crippen LogP contribution in [0.1, 0.15) is 27.7 Å². The van der Waals surface area contributed by atoms with Crippen LogP contribution in [-0.2, 0) is 14.8 Å². The highest BCUT2D eigenvalue weighted by atomic mass is 32.2. The highest BCUT2D eigenvalue weighted by Gasteiger charge is 2.15. The van der Waals surface area contributed by atoms with E-state index < -0.39 is 15.3 Å². The van der Waals surface area contributed by atoms with Gasteiger partial charge in [-0.3, -0.25) is 9.52 Å². The Labute approximate surface area is 114 Å². The zero-order chi connectivity index (χ0) is 14.6. The molecule has 0 aliphatic carbocycles. The van der Waals surface area contributed by atoms with Crippen LogP contribution >= 0.6 is 0 Å². The molecule has 1 aromatic rings. The molecule has 0 fully saturated rings. The Kier molecular flexibility index (Phi) is 4.94. The zero-order valence-corrected chi connectivity index (χ0v) is 12.4. The van der Waals surface area contributed by atoms with Gasteiger partial charge < -0.3 is 5.32 Å². The minimum Gasteiger partial charge on any atom is -0.326 e. The summed E-state index contributed by atoms with van der Waals surface area (Å²) in [5.41, 5.74) is 1.13. The first-order valence-electron chi connectivity index (χ1n) is 6.15. The predicted octanol–water partition coefficient (Wildman–Crippen LogP) is 2.43. The summed E-state index contributed by atoms with van der Waals surface area (Å²) in [6.07, 6.45) is 0. The van der Waals surface area contributed by atoms with Gasteiger partial charge in [0.15, 0.2) is 0 Å². The van der Waals surface area contributed by atoms with Crippen LogP contribution in [-0.4, -0.2) is 19.6 Å². The molecule has 0 bridgehead atoms. The van der Waals surface area contributed by atoms with Gasteiger partial charge in [0, 0.05) is 17.3 Å². The molecule has 1 rings (SSSR count). The number of rotatable bonds is 5. The third kappa shape index (κ3) is 4.55. The molecule has 19 heavy (non-hydrogen) atoms. The van der Waals surface area contributed by atoms with Crippen molar-refractivity contribution in [2.75, 3.05) is 10.0 Å². The predicted molar refractivity (Wildman–Crippen MR) is 77.6 cm³/mol. The molecular formula is C13H20N2O3S. The molecule has 5 nitrogen and oxygen atoms in total. The van der Waals surface area contributed by atoms with Crippen molar-refractivity contribution in [3.8, 4) is 0 Å². The maximum Gasteiger partial charge on any atom is 0.235 e. The molecule has 1 amide bonds. The van der Waals surface area contributed by atoms with E-state index in [-0.39, 0.29) is 11.8 Å². The third-order valence-corrected chi connectivity index (χ3v) is 4.32. The molecule has 0 radical (unpaired) electrons. The van der Waals surface area contributed by atoms with Gasteiger partial charge in [-0.05, 0) is 38.1 Å². The topological polar surface area (TPSA) is 75.3 Å². The summed E-state index contributed by atoms with van der Waals surface area (Å²) in [6, 6.07) is 6.57. The molecule has 0 aliphatic heterocycles. The fourth-order valence-corrected chi connectivity index (χ4v) is 1.89. The van der Waals surface area contributed by atoms with Crippen molar-refractivity contribution in [3.05, 3.63) is 24.3 Å². The average molecular weight is 284 g/mol. The van der Waals surface area contributed by atoms with Crippen LogP contribution in [0.3, 0.4) is 0 Å². The Hall–Kier alpha value is -1.56. The van der Waals surface area contributed by atoms with E-state index in [4.69, 9.17) is 0 Å². The number of carbonyl (C=O) groups is 1. The van der Waals surface area contributed by atoms with Gasteiger partial charge in [0.05, 0.1) is 5.25 Å². The number of sulfonamides is 1. The van der Waals surface area contributed by atoms with Gasteiger partial charge in [-0.15, -0.1) is 0 Å². The molecule has 6 heteroatoms. The highest BCUT2D eigenvalue weighted by molar-refractivity contribution is 7.93. The van der Waals surface area contributed by atoms with E-state index in [1.54, 1.807) is 52.0 Å². The molecule has 0 aromatic heterocycles. The quantitative estimate of drug-likeness (QED) is 0.872. The summed E-state index contributed by atoms with van der Waals surface area (Å²) >= 11 is 0. The lowest BCUT2D eigenvalue weighted by Gasteiger charge is -2.12. The van der Waals surface area contributed by atoms with E-state index >= 15 is 0 Å². The fraction of sp³-hybridized carbons (Fsp3) is 0.462. The van der Waals surface area contributed by atoms with Gasteiger partial charge in [0.1, 0.15) is 0 Å². The van der Waals surface area contributed by atoms with Gasteiger partial charge in [0.25, 0.3) is 0 Å². The van der Waals surface area contributed by atoms with Gasteiger partial charge in [-0.1, -0.05) is 13.8 Å². The minimum atomic E-state index is -3.34. The first kappa shape index (κ1) is 15.5. The first-order chi connectivity index (χ1) is 8.72. The highest BCUT2D eigenvalue weighted by Crippen LogP contribution is 2.16. The molecular weight excluding hydrogens is 264 g/mol. The number of anilines is 2. The van der Waals surface area contributed by atoms with E-state index in [9.17, 15) is 13.2 Å². The summed E-state index contributed by atoms with van der Waals surface area (Å²) in [7, 11) is -3.34. The molecule has 0 aliphatic rings. The summed E-state index contributed by atoms with van der Waals surface area (Å²) in [4.78, 5) is 11.5. The number of hydrogen-bond acceptors (Lipinski definition) is 3. The van der Waals surface area contributed by atoms with Crippen LogP contribution in [0.5, 0.6) is 0 Å². The number of hydrogen-bond donors (Lipinski definition) is 2. The third-order valence-electron chi connectivity index (χ3n) is 2.56. The number of amides is 1. The molecule has 1 aromatic carbocycles. The van der Waals surface area contributed by atoms with Crippen molar-refractivity contribution in [1.29, 1.82) is 0 Å². The lowest BCUT2D eigenvalue weighted by Crippen LogP contribution is -2.22. The summed E-state index contributed by atoms with van der Waals surface area (Å²) < 4.78 is 25.8. The fourth-order valence-electron chi connectivity index (χ4n) is 1.19. The Balaban J connectivity index is 2.75. The second kappa shape index (κ2) is 6.06. The van der Waals surface area contributed by atoms with Gasteiger partial charge in [0.2, 0.25) is 15.9 Å². The molecule has 0 heterocycles. The van der Waals surface area contributed by atoms with Crippen LogP contribution in [0.4, 0.5) is 11.4 Å². The molecule has 0 unspecified atom stereocenters. The number of nitrogens with one attached hydrogen (secondary N) is 2. The van der Waals surface area contributed by atoms with Crippen molar-refractivity contribution in [2.45, 2.75) is 32.9 Å². The monoisotopic (exact) mass is 284 g/mol. The molecule has 0 saturated heterocycles. The normalized spacial score (nSPS) is 11.7. The van der Waals surface area contributed by atoms with Crippen LogP contribution in [0.25, 0.3) is 0 Å². The van der Waals surface area contributed by atoms with Crippen LogP contribution in [0.15, 0.2) is 24.3 Å². The van der Waals surface area contributed by atoms with Crippen molar-refractivity contribution >= 4 is 27.3 Å². The lowest BCUT2D eigenvalue weighted by atomic mass is 10.2. The summed E-state index contributed by atoms with van der Waals surface area (Å²) in [5.74, 6) is -0.172. The second-order valence-corrected chi connectivity index (χ2v) is 7.15. The standard InChI is InChI=1S/C13H20N2O3S/c1-9(2)13(16)14-11-5-7-12(8-6-11)15-19(17,18)10(3)4/h5-10,15H,1-4H3,(H,14,16). The van der Waals surface area contributed by atoms with E-state index in [1.807, 2.05) is 0 Å². The minimum absolute atomic E-state index is 0.0736. The largest absolute Gasteiger partial charge is 0.326 e. The Morgan fingerprint density at radius 1 is 1.00 bits per heavy atom. The van der Waals surface area contributed by atoms with E-state index in [0.717, 1.165) is 0 Å². The van der Waals surface area contributed by atoms with Crippen LogP contribution < -0.4 is 10.0 Å². The smallest absolute Gasteiger partial charge is 0.235 e. The van der Waals surface area contributed by atoms with E-state index in [1.165, 1.54) is 0 Å². The zero-order valence-electron chi connectivity index (χ0n) is 11.6. The molecule has 0 saturated carbocycles. The average Bonchev–Trinajstić information content (AvgIpc) is 2.30. The maximum atomic E-state index is 11.7. The molecule has 0 atom stereocenters. The summed E-state index contributed by atoms with van der Waals surface area (Å²) in [6.45, 7) is 6.83. The van der Waals surface area contributed by atoms with Crippen LogP contribution in [0, 0.1) is 5.92 Å². The van der Waals surface area contributed by atoms with E-state index in [2.05, 4.69) is 10.0 Å². The first-order valence-corrected chi connectivity index (χ1v) is 7.69. The van der Waals surface area contributed by atoms with Crippen molar-refractivity contribution < 1.29 is 13.2 Å². The molecule has 106 valence electrons. The van der Waals surface area contributed by atoms with Crippen molar-refractivity contribution in [2.24, 2.45) is 5.92 Å². The summed E-state index contributed by atoms with van der Waals surface area (Å²) in [5, 5.41) is 2.25. The molecule has 0 spiro atoms. The van der Waals surface area contributed by atoms with Gasteiger partial charge in [-0.2, -0.15) is 0 Å². The van der Waals surface area contributed by atoms with Crippen LogP contribution in [0.2, 0.25) is 0 Å². The van der Waals surface area contributed by atoms with Gasteiger partial charge >= 0.3 is 0 Å². The number of benzene rings is 1. The Morgan fingerprint density at radius 3 is 1.89 bits per heavy atom. The molecule has 2 N–H and O–H groups in total. The SMILES string of the molecule is CC(C)C(=O)Nc1ccc(NS(=O)(=O)C(C)C)cc1. The Bertz CT molecular complexity index is 534. The second-order valence-electron chi connectivity index (χ2n) is 4.92. The number of carbonyl (C=O) groups excluding carboxylic acids is 1.